The lowest BCUT2D eigenvalue weighted by Gasteiger charge is -2.19. The monoisotopic (exact) mass is 327 g/mol. The first-order valence-electron chi connectivity index (χ1n) is 7.60. The third-order valence-corrected chi connectivity index (χ3v) is 4.57. The highest BCUT2D eigenvalue weighted by Gasteiger charge is 2.27. The molecule has 0 aliphatic heterocycles. The Balaban J connectivity index is 2.82. The molecule has 1 atom stereocenters. The molecule has 1 rings (SSSR count). The predicted octanol–water partition coefficient (Wildman–Crippen LogP) is 2.72. The molecule has 5 nitrogen and oxygen atoms in total. The van der Waals surface area contributed by atoms with Gasteiger partial charge in [-0.15, -0.1) is 0 Å². The van der Waals surface area contributed by atoms with Crippen LogP contribution in [-0.2, 0) is 19.6 Å². The van der Waals surface area contributed by atoms with Crippen molar-refractivity contribution in [2.45, 2.75) is 51.0 Å². The largest absolute Gasteiger partial charge is 0.465 e. The van der Waals surface area contributed by atoms with Gasteiger partial charge in [-0.3, -0.25) is 4.79 Å². The van der Waals surface area contributed by atoms with Gasteiger partial charge < -0.3 is 4.74 Å². The van der Waals surface area contributed by atoms with Crippen LogP contribution in [0.5, 0.6) is 0 Å². The van der Waals surface area contributed by atoms with Crippen molar-refractivity contribution in [3.63, 3.8) is 0 Å². The zero-order valence-corrected chi connectivity index (χ0v) is 14.2. The van der Waals surface area contributed by atoms with Gasteiger partial charge in [0.1, 0.15) is 6.04 Å². The summed E-state index contributed by atoms with van der Waals surface area (Å²) in [5.74, 6) is -0.344. The summed E-state index contributed by atoms with van der Waals surface area (Å²) in [5.41, 5.74) is 0. The summed E-state index contributed by atoms with van der Waals surface area (Å²) >= 11 is 0. The van der Waals surface area contributed by atoms with Gasteiger partial charge in [0.25, 0.3) is 0 Å². The highest BCUT2D eigenvalue weighted by atomic mass is 32.2. The number of carbonyl (C=O) groups is 1. The Morgan fingerprint density at radius 2 is 1.86 bits per heavy atom. The van der Waals surface area contributed by atoms with E-state index in [2.05, 4.69) is 4.72 Å². The van der Waals surface area contributed by atoms with Crippen LogP contribution in [0.25, 0.3) is 0 Å². The van der Waals surface area contributed by atoms with E-state index in [1.807, 2.05) is 20.8 Å². The van der Waals surface area contributed by atoms with Crippen molar-refractivity contribution in [2.24, 2.45) is 5.92 Å². The Labute approximate surface area is 133 Å². The lowest BCUT2D eigenvalue weighted by molar-refractivity contribution is -0.146. The van der Waals surface area contributed by atoms with E-state index in [4.69, 9.17) is 4.74 Å². The molecule has 0 bridgehead atoms. The van der Waals surface area contributed by atoms with Crippen molar-refractivity contribution >= 4 is 16.0 Å². The number of rotatable bonds is 9. The summed E-state index contributed by atoms with van der Waals surface area (Å²) in [4.78, 5) is 12.3. The van der Waals surface area contributed by atoms with Crippen LogP contribution in [-0.4, -0.2) is 27.0 Å². The normalized spacial score (nSPS) is 13.1. The Morgan fingerprint density at radius 1 is 1.23 bits per heavy atom. The summed E-state index contributed by atoms with van der Waals surface area (Å²) < 4.78 is 32.3. The molecule has 0 radical (unpaired) electrons. The predicted molar refractivity (Wildman–Crippen MR) is 85.9 cm³/mol. The molecule has 22 heavy (non-hydrogen) atoms. The number of benzene rings is 1. The maximum Gasteiger partial charge on any atom is 0.324 e. The Bertz CT molecular complexity index is 555. The molecular formula is C16H25NO4S. The van der Waals surface area contributed by atoms with E-state index in [1.54, 1.807) is 18.2 Å². The van der Waals surface area contributed by atoms with Crippen molar-refractivity contribution in [1.82, 2.24) is 4.72 Å². The average molecular weight is 327 g/mol. The van der Waals surface area contributed by atoms with Gasteiger partial charge in [0, 0.05) is 0 Å². The number of nitrogens with one attached hydrogen (secondary N) is 1. The molecule has 124 valence electrons. The molecule has 1 N–H and O–H groups in total. The quantitative estimate of drug-likeness (QED) is 0.559. The molecule has 0 aliphatic rings. The van der Waals surface area contributed by atoms with E-state index in [-0.39, 0.29) is 10.8 Å². The number of esters is 1. The molecule has 0 amide bonds. The lowest BCUT2D eigenvalue weighted by atomic mass is 10.1. The first kappa shape index (κ1) is 18.6. The zero-order chi connectivity index (χ0) is 16.6. The van der Waals surface area contributed by atoms with Crippen molar-refractivity contribution in [2.75, 3.05) is 6.61 Å². The van der Waals surface area contributed by atoms with Gasteiger partial charge in [0.2, 0.25) is 10.0 Å². The summed E-state index contributed by atoms with van der Waals surface area (Å²) in [6.07, 6.45) is 2.08. The van der Waals surface area contributed by atoms with Crippen LogP contribution in [0.1, 0.15) is 40.0 Å². The second kappa shape index (κ2) is 8.90. The molecule has 0 unspecified atom stereocenters. The number of carbonyl (C=O) groups excluding carboxylic acids is 1. The van der Waals surface area contributed by atoms with Crippen LogP contribution in [0.4, 0.5) is 0 Å². The fourth-order valence-corrected chi connectivity index (χ4v) is 3.16. The first-order chi connectivity index (χ1) is 10.4. The SMILES string of the molecule is CCCCOC(=O)[C@H](CC(C)C)NS(=O)(=O)c1ccccc1. The number of hydrogen-bond donors (Lipinski definition) is 1. The number of sulfonamides is 1. The molecule has 1 aromatic carbocycles. The van der Waals surface area contributed by atoms with Gasteiger partial charge in [-0.05, 0) is 30.9 Å². The van der Waals surface area contributed by atoms with E-state index in [0.29, 0.717) is 13.0 Å². The van der Waals surface area contributed by atoms with Gasteiger partial charge in [0.05, 0.1) is 11.5 Å². The van der Waals surface area contributed by atoms with Crippen LogP contribution in [0.2, 0.25) is 0 Å². The second-order valence-corrected chi connectivity index (χ2v) is 7.35. The molecule has 0 fully saturated rings. The van der Waals surface area contributed by atoms with E-state index in [1.165, 1.54) is 12.1 Å². The fourth-order valence-electron chi connectivity index (χ4n) is 1.94. The highest BCUT2D eigenvalue weighted by Crippen LogP contribution is 2.13. The van der Waals surface area contributed by atoms with Gasteiger partial charge in [-0.2, -0.15) is 4.72 Å². The molecular weight excluding hydrogens is 302 g/mol. The summed E-state index contributed by atoms with van der Waals surface area (Å²) in [7, 11) is -3.73. The second-order valence-electron chi connectivity index (χ2n) is 5.64. The maximum absolute atomic E-state index is 12.3. The number of unbranched alkanes of at least 4 members (excludes halogenated alkanes) is 1. The molecule has 0 spiro atoms. The Morgan fingerprint density at radius 3 is 2.41 bits per heavy atom. The minimum atomic E-state index is -3.73. The van der Waals surface area contributed by atoms with Crippen molar-refractivity contribution < 1.29 is 17.9 Å². The summed E-state index contributed by atoms with van der Waals surface area (Å²) in [5, 5.41) is 0. The summed E-state index contributed by atoms with van der Waals surface area (Å²) in [6.45, 7) is 6.18. The molecule has 0 aromatic heterocycles. The topological polar surface area (TPSA) is 72.5 Å². The number of hydrogen-bond acceptors (Lipinski definition) is 4. The molecule has 0 saturated heterocycles. The molecule has 1 aromatic rings. The third-order valence-electron chi connectivity index (χ3n) is 3.08. The van der Waals surface area contributed by atoms with Crippen LogP contribution >= 0.6 is 0 Å². The Kier molecular flexibility index (Phi) is 7.55. The number of ether oxygens (including phenoxy) is 1. The molecule has 0 saturated carbocycles. The standard InChI is InChI=1S/C16H25NO4S/c1-4-5-11-21-16(18)15(12-13(2)3)17-22(19,20)14-9-7-6-8-10-14/h6-10,13,15,17H,4-5,11-12H2,1-3H3/t15-/m0/s1. The third kappa shape index (κ3) is 6.15. The van der Waals surface area contributed by atoms with Crippen LogP contribution in [0.3, 0.4) is 0 Å². The minimum absolute atomic E-state index is 0.144. The minimum Gasteiger partial charge on any atom is -0.465 e. The summed E-state index contributed by atoms with van der Waals surface area (Å²) in [6, 6.07) is 7.16. The van der Waals surface area contributed by atoms with Gasteiger partial charge in [-0.25, -0.2) is 8.42 Å². The molecule has 6 heteroatoms. The molecule has 0 heterocycles. The van der Waals surface area contributed by atoms with E-state index in [9.17, 15) is 13.2 Å². The van der Waals surface area contributed by atoms with Crippen molar-refractivity contribution in [3.05, 3.63) is 30.3 Å². The van der Waals surface area contributed by atoms with E-state index < -0.39 is 22.0 Å². The molecule has 0 aliphatic carbocycles. The maximum atomic E-state index is 12.3. The zero-order valence-electron chi connectivity index (χ0n) is 13.4. The average Bonchev–Trinajstić information content (AvgIpc) is 2.47. The van der Waals surface area contributed by atoms with Gasteiger partial charge >= 0.3 is 5.97 Å². The van der Waals surface area contributed by atoms with E-state index >= 15 is 0 Å². The van der Waals surface area contributed by atoms with Crippen LogP contribution < -0.4 is 4.72 Å². The van der Waals surface area contributed by atoms with Crippen LogP contribution in [0, 0.1) is 5.92 Å². The van der Waals surface area contributed by atoms with Crippen LogP contribution in [0.15, 0.2) is 35.2 Å². The smallest absolute Gasteiger partial charge is 0.324 e. The highest BCUT2D eigenvalue weighted by molar-refractivity contribution is 7.89. The fraction of sp³-hybridized carbons (Fsp3) is 0.562. The van der Waals surface area contributed by atoms with Gasteiger partial charge in [-0.1, -0.05) is 45.4 Å². The Hall–Kier alpha value is -1.40. The van der Waals surface area contributed by atoms with Crippen molar-refractivity contribution in [3.8, 4) is 0 Å². The first-order valence-corrected chi connectivity index (χ1v) is 9.09. The van der Waals surface area contributed by atoms with Gasteiger partial charge in [0.15, 0.2) is 0 Å². The van der Waals surface area contributed by atoms with E-state index in [0.717, 1.165) is 12.8 Å². The lowest BCUT2D eigenvalue weighted by Crippen LogP contribution is -2.42. The van der Waals surface area contributed by atoms with Crippen molar-refractivity contribution in [1.29, 1.82) is 0 Å².